The van der Waals surface area contributed by atoms with Crippen LogP contribution in [0.2, 0.25) is 10.0 Å². The van der Waals surface area contributed by atoms with E-state index in [2.05, 4.69) is 15.3 Å². The Kier molecular flexibility index (Phi) is 7.14. The normalized spacial score (nSPS) is 10.8. The number of aryl methyl sites for hydroxylation is 1. The van der Waals surface area contributed by atoms with Gasteiger partial charge in [-0.3, -0.25) is 10.1 Å². The molecular formula is C20H19Cl2N3O4S. The standard InChI is InChI=1S/C20H19Cl2N3O4S/c1-10-16(19(27)29-7-6-28-3)11(2)23-17(10)18(26)25-20-24-15(9-30-20)13-8-12(21)4-5-14(13)22/h4-5,8-9,23H,6-7H2,1-3H3,(H,24,25,26). The lowest BCUT2D eigenvalue weighted by Gasteiger charge is -2.05. The van der Waals surface area contributed by atoms with Gasteiger partial charge in [-0.15, -0.1) is 11.3 Å². The molecule has 0 aliphatic heterocycles. The second-order valence-electron chi connectivity index (χ2n) is 6.37. The van der Waals surface area contributed by atoms with E-state index in [1.807, 2.05) is 0 Å². The van der Waals surface area contributed by atoms with Crippen molar-refractivity contribution in [2.45, 2.75) is 13.8 Å². The van der Waals surface area contributed by atoms with Gasteiger partial charge in [-0.05, 0) is 37.6 Å². The number of nitrogens with one attached hydrogen (secondary N) is 2. The van der Waals surface area contributed by atoms with Crippen LogP contribution in [0.25, 0.3) is 11.3 Å². The maximum atomic E-state index is 12.8. The van der Waals surface area contributed by atoms with Crippen molar-refractivity contribution >= 4 is 51.5 Å². The Morgan fingerprint density at radius 2 is 2.00 bits per heavy atom. The summed E-state index contributed by atoms with van der Waals surface area (Å²) in [5.41, 5.74) is 2.93. The van der Waals surface area contributed by atoms with Crippen molar-refractivity contribution in [1.29, 1.82) is 0 Å². The van der Waals surface area contributed by atoms with Crippen molar-refractivity contribution in [3.05, 3.63) is 56.1 Å². The zero-order valence-electron chi connectivity index (χ0n) is 16.5. The molecule has 0 atom stereocenters. The number of benzene rings is 1. The van der Waals surface area contributed by atoms with Crippen LogP contribution >= 0.6 is 34.5 Å². The van der Waals surface area contributed by atoms with E-state index in [-0.39, 0.29) is 12.3 Å². The number of thiazole rings is 1. The molecule has 1 aromatic carbocycles. The van der Waals surface area contributed by atoms with E-state index in [0.29, 0.717) is 49.9 Å². The Balaban J connectivity index is 1.77. The number of methoxy groups -OCH3 is 1. The van der Waals surface area contributed by atoms with Crippen LogP contribution in [0.1, 0.15) is 32.1 Å². The number of esters is 1. The van der Waals surface area contributed by atoms with E-state index in [4.69, 9.17) is 32.7 Å². The van der Waals surface area contributed by atoms with E-state index >= 15 is 0 Å². The summed E-state index contributed by atoms with van der Waals surface area (Å²) < 4.78 is 10.0. The number of ether oxygens (including phenoxy) is 2. The number of carbonyl (C=O) groups excluding carboxylic acids is 2. The number of rotatable bonds is 7. The molecule has 7 nitrogen and oxygen atoms in total. The Hall–Kier alpha value is -2.39. The van der Waals surface area contributed by atoms with Crippen LogP contribution in [0.15, 0.2) is 23.6 Å². The Labute approximate surface area is 187 Å². The van der Waals surface area contributed by atoms with Gasteiger partial charge in [0.1, 0.15) is 12.3 Å². The topological polar surface area (TPSA) is 93.3 Å². The fourth-order valence-electron chi connectivity index (χ4n) is 2.88. The highest BCUT2D eigenvalue weighted by atomic mass is 35.5. The highest BCUT2D eigenvalue weighted by Gasteiger charge is 2.23. The SMILES string of the molecule is COCCOC(=O)c1c(C)[nH]c(C(=O)Nc2nc(-c3cc(Cl)ccc3Cl)cs2)c1C. The maximum absolute atomic E-state index is 12.8. The molecule has 0 aliphatic rings. The van der Waals surface area contributed by atoms with Gasteiger partial charge in [0.15, 0.2) is 5.13 Å². The average Bonchev–Trinajstić information content (AvgIpc) is 3.27. The Bertz CT molecular complexity index is 1090. The molecule has 0 radical (unpaired) electrons. The van der Waals surface area contributed by atoms with Crippen LogP contribution in [0, 0.1) is 13.8 Å². The Morgan fingerprint density at radius 1 is 1.23 bits per heavy atom. The fourth-order valence-corrected chi connectivity index (χ4v) is 3.97. The second-order valence-corrected chi connectivity index (χ2v) is 8.07. The van der Waals surface area contributed by atoms with Crippen molar-refractivity contribution in [2.75, 3.05) is 25.6 Å². The second kappa shape index (κ2) is 9.61. The van der Waals surface area contributed by atoms with Crippen molar-refractivity contribution in [2.24, 2.45) is 0 Å². The average molecular weight is 468 g/mol. The summed E-state index contributed by atoms with van der Waals surface area (Å²) in [5.74, 6) is -0.922. The molecule has 0 bridgehead atoms. The molecule has 10 heteroatoms. The molecule has 0 saturated heterocycles. The van der Waals surface area contributed by atoms with Gasteiger partial charge in [0, 0.05) is 28.8 Å². The molecule has 0 aliphatic carbocycles. The third-order valence-electron chi connectivity index (χ3n) is 4.32. The van der Waals surface area contributed by atoms with Gasteiger partial charge >= 0.3 is 5.97 Å². The summed E-state index contributed by atoms with van der Waals surface area (Å²) in [5, 5.41) is 5.96. The largest absolute Gasteiger partial charge is 0.460 e. The fraction of sp³-hybridized carbons (Fsp3) is 0.250. The summed E-state index contributed by atoms with van der Waals surface area (Å²) in [7, 11) is 1.52. The van der Waals surface area contributed by atoms with Crippen molar-refractivity contribution in [3.63, 3.8) is 0 Å². The third-order valence-corrected chi connectivity index (χ3v) is 5.64. The van der Waals surface area contributed by atoms with Gasteiger partial charge in [-0.25, -0.2) is 9.78 Å². The highest BCUT2D eigenvalue weighted by Crippen LogP contribution is 2.33. The molecule has 30 heavy (non-hydrogen) atoms. The summed E-state index contributed by atoms with van der Waals surface area (Å²) in [6, 6.07) is 5.09. The lowest BCUT2D eigenvalue weighted by atomic mass is 10.1. The molecule has 0 unspecified atom stereocenters. The number of carbonyl (C=O) groups is 2. The number of nitrogens with zero attached hydrogens (tertiary/aromatic N) is 1. The predicted octanol–water partition coefficient (Wildman–Crippen LogP) is 5.12. The molecule has 0 spiro atoms. The predicted molar refractivity (Wildman–Crippen MR) is 118 cm³/mol. The van der Waals surface area contributed by atoms with Gasteiger partial charge in [-0.2, -0.15) is 0 Å². The van der Waals surface area contributed by atoms with Crippen molar-refractivity contribution < 1.29 is 19.1 Å². The van der Waals surface area contributed by atoms with Crippen LogP contribution in [-0.4, -0.2) is 42.2 Å². The van der Waals surface area contributed by atoms with E-state index in [0.717, 1.165) is 0 Å². The van der Waals surface area contributed by atoms with Crippen molar-refractivity contribution in [1.82, 2.24) is 9.97 Å². The molecule has 0 fully saturated rings. The highest BCUT2D eigenvalue weighted by molar-refractivity contribution is 7.14. The smallest absolute Gasteiger partial charge is 0.340 e. The van der Waals surface area contributed by atoms with Gasteiger partial charge in [0.2, 0.25) is 0 Å². The number of hydrogen-bond acceptors (Lipinski definition) is 6. The molecular weight excluding hydrogens is 449 g/mol. The molecule has 2 N–H and O–H groups in total. The zero-order valence-corrected chi connectivity index (χ0v) is 18.8. The molecule has 2 heterocycles. The van der Waals surface area contributed by atoms with Gasteiger partial charge < -0.3 is 14.5 Å². The van der Waals surface area contributed by atoms with Gasteiger partial charge in [-0.1, -0.05) is 23.2 Å². The minimum atomic E-state index is -0.510. The van der Waals surface area contributed by atoms with E-state index < -0.39 is 11.9 Å². The van der Waals surface area contributed by atoms with Gasteiger partial charge in [0.25, 0.3) is 5.91 Å². The molecule has 2 aromatic heterocycles. The van der Waals surface area contributed by atoms with Gasteiger partial charge in [0.05, 0.1) is 22.9 Å². The summed E-state index contributed by atoms with van der Waals surface area (Å²) in [6.45, 7) is 3.82. The zero-order chi connectivity index (χ0) is 21.8. The first-order valence-corrected chi connectivity index (χ1v) is 10.5. The summed E-state index contributed by atoms with van der Waals surface area (Å²) in [4.78, 5) is 32.4. The molecule has 1 amide bonds. The molecule has 3 rings (SSSR count). The molecule has 3 aromatic rings. The minimum absolute atomic E-state index is 0.134. The van der Waals surface area contributed by atoms with Crippen molar-refractivity contribution in [3.8, 4) is 11.3 Å². The van der Waals surface area contributed by atoms with Crippen LogP contribution in [0.4, 0.5) is 5.13 Å². The van der Waals surface area contributed by atoms with E-state index in [1.165, 1.54) is 18.4 Å². The maximum Gasteiger partial charge on any atom is 0.340 e. The first kappa shape index (κ1) is 22.3. The monoisotopic (exact) mass is 467 g/mol. The number of halogens is 2. The number of hydrogen-bond donors (Lipinski definition) is 2. The molecule has 0 saturated carbocycles. The number of amides is 1. The quantitative estimate of drug-likeness (QED) is 0.371. The minimum Gasteiger partial charge on any atom is -0.460 e. The first-order chi connectivity index (χ1) is 14.3. The van der Waals surface area contributed by atoms with Crippen LogP contribution in [-0.2, 0) is 9.47 Å². The number of anilines is 1. The van der Waals surface area contributed by atoms with E-state index in [9.17, 15) is 9.59 Å². The number of H-pyrrole nitrogens is 1. The lowest BCUT2D eigenvalue weighted by molar-refractivity contribution is 0.0387. The number of aromatic nitrogens is 2. The summed E-state index contributed by atoms with van der Waals surface area (Å²) in [6.07, 6.45) is 0. The molecule has 158 valence electrons. The Morgan fingerprint density at radius 3 is 2.73 bits per heavy atom. The first-order valence-electron chi connectivity index (χ1n) is 8.89. The van der Waals surface area contributed by atoms with E-state index in [1.54, 1.807) is 37.4 Å². The third kappa shape index (κ3) is 4.84. The lowest BCUT2D eigenvalue weighted by Crippen LogP contribution is -2.14. The van der Waals surface area contributed by atoms with Crippen LogP contribution in [0.5, 0.6) is 0 Å². The van der Waals surface area contributed by atoms with Crippen LogP contribution in [0.3, 0.4) is 0 Å². The van der Waals surface area contributed by atoms with Crippen LogP contribution < -0.4 is 5.32 Å². The summed E-state index contributed by atoms with van der Waals surface area (Å²) >= 11 is 13.5. The number of aromatic amines is 1.